The largest absolute Gasteiger partial charge is 0.318 e. The summed E-state index contributed by atoms with van der Waals surface area (Å²) in [6.07, 6.45) is 15.4. The van der Waals surface area contributed by atoms with E-state index in [0.717, 1.165) is 70.5 Å². The predicted octanol–water partition coefficient (Wildman–Crippen LogP) is 9.19. The van der Waals surface area contributed by atoms with Gasteiger partial charge in [0.2, 0.25) is 0 Å². The van der Waals surface area contributed by atoms with Crippen LogP contribution < -0.4 is 0 Å². The molecule has 1 aromatic heterocycles. The number of carbonyl (C=O) groups is 1. The molecule has 4 aliphatic carbocycles. The van der Waals surface area contributed by atoms with Gasteiger partial charge in [0.15, 0.2) is 5.78 Å². The maximum Gasteiger partial charge on any atom is 0.161 e. The lowest BCUT2D eigenvalue weighted by molar-refractivity contribution is -0.138. The van der Waals surface area contributed by atoms with Crippen LogP contribution in [0.25, 0.3) is 17.3 Å². The second-order valence-corrected chi connectivity index (χ2v) is 13.5. The Bertz CT molecular complexity index is 1670. The molecule has 4 fully saturated rings. The highest BCUT2D eigenvalue weighted by molar-refractivity contribution is 5.99. The number of hydrogen-bond donors (Lipinski definition) is 0. The molecule has 0 N–H and O–H groups in total. The van der Waals surface area contributed by atoms with Crippen LogP contribution in [0.15, 0.2) is 134 Å². The normalized spacial score (nSPS) is 24.1. The van der Waals surface area contributed by atoms with E-state index in [1.54, 1.807) is 0 Å². The van der Waals surface area contributed by atoms with Crippen LogP contribution in [0.5, 0.6) is 0 Å². The van der Waals surface area contributed by atoms with Gasteiger partial charge in [0.25, 0.3) is 0 Å². The monoisotopic (exact) mass is 574 g/mol. The third-order valence-corrected chi connectivity index (χ3v) is 10.8. The second kappa shape index (κ2) is 10.9. The smallest absolute Gasteiger partial charge is 0.161 e. The van der Waals surface area contributed by atoms with Crippen LogP contribution in [-0.4, -0.2) is 15.3 Å². The molecule has 0 radical (unpaired) electrons. The molecule has 4 aromatic carbocycles. The molecule has 4 saturated carbocycles. The highest BCUT2D eigenvalue weighted by Crippen LogP contribution is 2.60. The molecule has 1 heterocycles. The Morgan fingerprint density at radius 1 is 0.682 bits per heavy atom. The van der Waals surface area contributed by atoms with Gasteiger partial charge in [-0.2, -0.15) is 0 Å². The summed E-state index contributed by atoms with van der Waals surface area (Å²) < 4.78 is 2.25. The molecule has 3 heteroatoms. The average molecular weight is 575 g/mol. The zero-order valence-electron chi connectivity index (χ0n) is 25.1. The first kappa shape index (κ1) is 27.1. The first-order valence-electron chi connectivity index (χ1n) is 16.2. The highest BCUT2D eigenvalue weighted by atomic mass is 16.1. The van der Waals surface area contributed by atoms with Gasteiger partial charge in [0, 0.05) is 17.2 Å². The van der Waals surface area contributed by atoms with Crippen molar-refractivity contribution >= 4 is 11.9 Å². The molecule has 5 aromatic rings. The van der Waals surface area contributed by atoms with E-state index in [1.165, 1.54) is 19.3 Å². The van der Waals surface area contributed by atoms with Crippen LogP contribution in [-0.2, 0) is 10.3 Å². The summed E-state index contributed by atoms with van der Waals surface area (Å²) in [6, 6.07) is 40.4. The Balaban J connectivity index is 1.20. The topological polar surface area (TPSA) is 34.9 Å². The molecule has 0 spiro atoms. The molecule has 9 rings (SSSR count). The van der Waals surface area contributed by atoms with Gasteiger partial charge in [-0.1, -0.05) is 121 Å². The van der Waals surface area contributed by atoms with Crippen molar-refractivity contribution in [1.29, 1.82) is 0 Å². The molecule has 4 aliphatic rings. The van der Waals surface area contributed by atoms with Crippen LogP contribution in [0, 0.1) is 23.2 Å². The maximum atomic E-state index is 13.8. The van der Waals surface area contributed by atoms with E-state index in [-0.39, 0.29) is 5.41 Å². The van der Waals surface area contributed by atoms with Crippen LogP contribution in [0.4, 0.5) is 0 Å². The Morgan fingerprint density at radius 3 is 1.68 bits per heavy atom. The lowest BCUT2D eigenvalue weighted by Gasteiger charge is -2.55. The van der Waals surface area contributed by atoms with Crippen molar-refractivity contribution in [1.82, 2.24) is 9.55 Å². The average Bonchev–Trinajstić information content (AvgIpc) is 3.55. The van der Waals surface area contributed by atoms with Crippen molar-refractivity contribution in [3.8, 4) is 11.3 Å². The quantitative estimate of drug-likeness (QED) is 0.137. The van der Waals surface area contributed by atoms with E-state index >= 15 is 0 Å². The molecular formula is C41H38N2O. The lowest BCUT2D eigenvalue weighted by atomic mass is 9.48. The van der Waals surface area contributed by atoms with Crippen molar-refractivity contribution in [3.63, 3.8) is 0 Å². The van der Waals surface area contributed by atoms with Gasteiger partial charge in [0.1, 0.15) is 5.54 Å². The van der Waals surface area contributed by atoms with Crippen LogP contribution in [0.2, 0.25) is 0 Å². The first-order chi connectivity index (χ1) is 21.6. The van der Waals surface area contributed by atoms with Gasteiger partial charge in [-0.05, 0) is 84.6 Å². The minimum atomic E-state index is -0.617. The van der Waals surface area contributed by atoms with E-state index in [9.17, 15) is 4.79 Å². The molecule has 0 aliphatic heterocycles. The van der Waals surface area contributed by atoms with E-state index in [2.05, 4.69) is 126 Å². The summed E-state index contributed by atoms with van der Waals surface area (Å²) in [5.74, 6) is 2.62. The minimum Gasteiger partial charge on any atom is -0.318 e. The molecule has 0 saturated heterocycles. The highest BCUT2D eigenvalue weighted by Gasteiger charge is 2.53. The fraction of sp³-hybridized carbons (Fsp3) is 0.268. The Morgan fingerprint density at radius 2 is 1.16 bits per heavy atom. The molecule has 44 heavy (non-hydrogen) atoms. The summed E-state index contributed by atoms with van der Waals surface area (Å²) in [5, 5.41) is 0. The number of nitrogens with zero attached hydrogens (tertiary/aromatic N) is 2. The number of ketones is 1. The number of imidazole rings is 1. The van der Waals surface area contributed by atoms with Crippen molar-refractivity contribution < 1.29 is 4.79 Å². The van der Waals surface area contributed by atoms with Crippen molar-refractivity contribution in [2.24, 2.45) is 23.2 Å². The first-order valence-corrected chi connectivity index (χ1v) is 16.2. The second-order valence-electron chi connectivity index (χ2n) is 13.5. The minimum absolute atomic E-state index is 0.123. The van der Waals surface area contributed by atoms with Crippen LogP contribution >= 0.6 is 0 Å². The standard InChI is InChI=1S/C41H38N2O/c44-39(40-25-30-22-31(26-40)24-32(23-30)27-40)21-20-33-12-10-11-19-37(33)38-28-43(29-42-38)41(34-13-4-1-5-14-34,35-15-6-2-7-16-35)36-17-8-3-9-18-36/h1-21,28-32H,22-27H2/b21-20+. The Hall–Kier alpha value is -4.50. The van der Waals surface area contributed by atoms with Gasteiger partial charge in [-0.3, -0.25) is 4.79 Å². The lowest BCUT2D eigenvalue weighted by Crippen LogP contribution is -2.49. The SMILES string of the molecule is O=C(/C=C/c1ccccc1-c1cn(C(c2ccccc2)(c2ccccc2)c2ccccc2)cn1)C12CC3CC(CC(C3)C1)C2. The van der Waals surface area contributed by atoms with Gasteiger partial charge >= 0.3 is 0 Å². The summed E-state index contributed by atoms with van der Waals surface area (Å²) >= 11 is 0. The van der Waals surface area contributed by atoms with Crippen LogP contribution in [0.1, 0.15) is 60.8 Å². The molecule has 3 nitrogen and oxygen atoms in total. The van der Waals surface area contributed by atoms with E-state index in [0.29, 0.717) is 5.78 Å². The van der Waals surface area contributed by atoms with Crippen LogP contribution in [0.3, 0.4) is 0 Å². The van der Waals surface area contributed by atoms with Gasteiger partial charge in [-0.25, -0.2) is 4.98 Å². The van der Waals surface area contributed by atoms with E-state index < -0.39 is 5.54 Å². The molecule has 0 unspecified atom stereocenters. The van der Waals surface area contributed by atoms with E-state index in [4.69, 9.17) is 4.98 Å². The zero-order valence-corrected chi connectivity index (χ0v) is 25.1. The van der Waals surface area contributed by atoms with E-state index in [1.807, 2.05) is 18.5 Å². The Kier molecular flexibility index (Phi) is 6.70. The third-order valence-electron chi connectivity index (χ3n) is 10.8. The summed E-state index contributed by atoms with van der Waals surface area (Å²) in [6.45, 7) is 0. The van der Waals surface area contributed by atoms with Gasteiger partial charge in [-0.15, -0.1) is 0 Å². The molecule has 0 amide bonds. The number of benzene rings is 4. The number of carbonyl (C=O) groups excluding carboxylic acids is 1. The molecule has 218 valence electrons. The number of aromatic nitrogens is 2. The van der Waals surface area contributed by atoms with Crippen molar-refractivity contribution in [2.45, 2.75) is 44.1 Å². The Labute approximate surface area is 260 Å². The number of allylic oxidation sites excluding steroid dienone is 1. The summed E-state index contributed by atoms with van der Waals surface area (Å²) in [7, 11) is 0. The molecule has 0 atom stereocenters. The summed E-state index contributed by atoms with van der Waals surface area (Å²) in [5.41, 5.74) is 5.70. The maximum absolute atomic E-state index is 13.8. The fourth-order valence-electron chi connectivity index (χ4n) is 9.26. The fourth-order valence-corrected chi connectivity index (χ4v) is 9.26. The predicted molar refractivity (Wildman–Crippen MR) is 177 cm³/mol. The molecular weight excluding hydrogens is 536 g/mol. The number of hydrogen-bond acceptors (Lipinski definition) is 2. The summed E-state index contributed by atoms with van der Waals surface area (Å²) in [4.78, 5) is 18.8. The van der Waals surface area contributed by atoms with Crippen molar-refractivity contribution in [3.05, 3.63) is 156 Å². The number of rotatable bonds is 8. The molecule has 4 bridgehead atoms. The van der Waals surface area contributed by atoms with Crippen molar-refractivity contribution in [2.75, 3.05) is 0 Å². The van der Waals surface area contributed by atoms with Gasteiger partial charge in [0.05, 0.1) is 12.0 Å². The third kappa shape index (κ3) is 4.49. The zero-order chi connectivity index (χ0) is 29.6. The van der Waals surface area contributed by atoms with Gasteiger partial charge < -0.3 is 4.57 Å².